The molecule has 0 amide bonds. The third kappa shape index (κ3) is 12.6. The van der Waals surface area contributed by atoms with Gasteiger partial charge in [0.05, 0.1) is 18.8 Å². The third-order valence-corrected chi connectivity index (χ3v) is 7.34. The molecule has 0 aromatic heterocycles. The van der Waals surface area contributed by atoms with E-state index in [1.54, 1.807) is 0 Å². The van der Waals surface area contributed by atoms with E-state index >= 15 is 0 Å². The van der Waals surface area contributed by atoms with Gasteiger partial charge in [0, 0.05) is 0 Å². The van der Waals surface area contributed by atoms with E-state index in [9.17, 15) is 40.5 Å². The number of carbonyl (C=O) groups is 1. The average Bonchev–Trinajstić information content (AvgIpc) is 3.20. The standard InChI is InChI=1S/C21H39N7O12.2H2O4S/c1-5-21(36,4-30)16(40-17-9(26-2)13(34)10(31)6(3-29)38-17)18(37-5)39-15-8(28-20(24)25)11(32)7(27-19(22)23)12(33)14(15)35;2*1-5(2,3)4/h4-18,26,29,31-36H,3H2,1-2H3,(H4,22,23,27)(H4,24,25,28);2*(H2,1,2,3,4)/t5-,6?,7+,8?,9?,10-,11?,12?,13?,14?,15+,16?,17-,18+,21?;;/m0../s1. The summed E-state index contributed by atoms with van der Waals surface area (Å²) < 4.78 is 86.1. The van der Waals surface area contributed by atoms with E-state index in [-0.39, 0.29) is 6.29 Å². The molecule has 3 rings (SSSR count). The first-order valence-corrected chi connectivity index (χ1v) is 16.6. The van der Waals surface area contributed by atoms with Gasteiger partial charge in [-0.15, -0.1) is 0 Å². The van der Waals surface area contributed by atoms with Gasteiger partial charge in [-0.2, -0.15) is 16.8 Å². The van der Waals surface area contributed by atoms with Crippen LogP contribution in [0.3, 0.4) is 0 Å². The summed E-state index contributed by atoms with van der Waals surface area (Å²) in [6.07, 6.45) is -17.3. The summed E-state index contributed by atoms with van der Waals surface area (Å²) in [5.74, 6) is -1.03. The first-order chi connectivity index (χ1) is 22.7. The van der Waals surface area contributed by atoms with Gasteiger partial charge in [-0.3, -0.25) is 23.0 Å². The van der Waals surface area contributed by atoms with Crippen LogP contribution in [0.25, 0.3) is 0 Å². The van der Waals surface area contributed by atoms with E-state index in [0.29, 0.717) is 0 Å². The number of rotatable bonds is 9. The first-order valence-electron chi connectivity index (χ1n) is 13.8. The molecule has 50 heavy (non-hydrogen) atoms. The third-order valence-electron chi connectivity index (χ3n) is 7.34. The van der Waals surface area contributed by atoms with E-state index in [4.69, 9.17) is 76.9 Å². The van der Waals surface area contributed by atoms with Gasteiger partial charge in [0.25, 0.3) is 0 Å². The molecule has 9 unspecified atom stereocenters. The number of guanidine groups is 2. The Morgan fingerprint density at radius 1 is 0.800 bits per heavy atom. The minimum Gasteiger partial charge on any atom is -0.394 e. The second kappa shape index (κ2) is 18.3. The van der Waals surface area contributed by atoms with E-state index in [0.717, 1.165) is 0 Å². The predicted molar refractivity (Wildman–Crippen MR) is 161 cm³/mol. The maximum atomic E-state index is 12.1. The normalized spacial score (nSPS) is 40.3. The molecule has 0 aromatic rings. The van der Waals surface area contributed by atoms with Crippen LogP contribution in [-0.4, -0.2) is 194 Å². The maximum absolute atomic E-state index is 12.1. The summed E-state index contributed by atoms with van der Waals surface area (Å²) in [6, 6.07) is -4.08. The zero-order valence-electron chi connectivity index (χ0n) is 26.0. The molecule has 1 aliphatic carbocycles. The number of likely N-dealkylation sites (N-methyl/N-ethyl adjacent to an activating group) is 1. The monoisotopic (exact) mass is 777 g/mol. The second-order valence-electron chi connectivity index (χ2n) is 10.8. The minimum absolute atomic E-state index is 0.140. The predicted octanol–water partition coefficient (Wildman–Crippen LogP) is -9.47. The Hall–Kier alpha value is -2.53. The molecular formula is C21H43N7O20S2. The smallest absolute Gasteiger partial charge is 0.394 e. The Labute approximate surface area is 283 Å². The molecular weight excluding hydrogens is 734 g/mol. The van der Waals surface area contributed by atoms with Crippen LogP contribution in [-0.2, 0) is 44.5 Å². The fourth-order valence-electron chi connectivity index (χ4n) is 5.08. The SMILES string of the molecule is CNC1C(O)[C@@H](O)C(CO)O[C@H]1OC1[C@@H](O[C@H]2C(O)C(O)[C@H](N=C(N)N)C(O)C2N=C(N)N)O[C@@H](C)C1(O)C=O.O=S(=O)(O)O.O=S(=O)(O)O. The second-order valence-corrected chi connectivity index (χ2v) is 12.6. The number of hydrogen-bond donors (Lipinski definition) is 16. The van der Waals surface area contributed by atoms with Crippen molar-refractivity contribution in [3.05, 3.63) is 0 Å². The molecule has 15 atom stereocenters. The van der Waals surface area contributed by atoms with Crippen LogP contribution in [0.4, 0.5) is 0 Å². The molecule has 2 heterocycles. The summed E-state index contributed by atoms with van der Waals surface area (Å²) >= 11 is 0. The van der Waals surface area contributed by atoms with Gasteiger partial charge in [-0.25, -0.2) is 9.98 Å². The molecule has 2 aliphatic heterocycles. The molecule has 3 aliphatic rings. The van der Waals surface area contributed by atoms with E-state index < -0.39 is 131 Å². The van der Waals surface area contributed by atoms with Crippen LogP contribution in [0.2, 0.25) is 0 Å². The molecule has 29 heteroatoms. The van der Waals surface area contributed by atoms with Crippen molar-refractivity contribution in [2.24, 2.45) is 32.9 Å². The van der Waals surface area contributed by atoms with Gasteiger partial charge >= 0.3 is 20.8 Å². The van der Waals surface area contributed by atoms with Crippen molar-refractivity contribution < 1.29 is 94.5 Å². The van der Waals surface area contributed by atoms with Crippen molar-refractivity contribution in [2.45, 2.75) is 98.2 Å². The lowest BCUT2D eigenvalue weighted by atomic mass is 9.81. The number of nitrogens with zero attached hydrogens (tertiary/aromatic N) is 2. The Morgan fingerprint density at radius 3 is 1.70 bits per heavy atom. The van der Waals surface area contributed by atoms with Crippen molar-refractivity contribution in [2.75, 3.05) is 13.7 Å². The van der Waals surface area contributed by atoms with Crippen LogP contribution in [0.15, 0.2) is 9.98 Å². The Balaban J connectivity index is 0.00000109. The summed E-state index contributed by atoms with van der Waals surface area (Å²) in [5, 5.41) is 76.6. The van der Waals surface area contributed by atoms with Crippen molar-refractivity contribution in [1.82, 2.24) is 5.32 Å². The highest BCUT2D eigenvalue weighted by molar-refractivity contribution is 7.80. The molecule has 20 N–H and O–H groups in total. The molecule has 27 nitrogen and oxygen atoms in total. The number of hydrogen-bond acceptors (Lipinski definition) is 19. The largest absolute Gasteiger partial charge is 0.394 e. The Morgan fingerprint density at radius 2 is 1.28 bits per heavy atom. The lowest BCUT2D eigenvalue weighted by Crippen LogP contribution is -2.66. The van der Waals surface area contributed by atoms with Crippen LogP contribution in [0, 0.1) is 0 Å². The summed E-state index contributed by atoms with van der Waals surface area (Å²) in [6.45, 7) is 0.620. The fourth-order valence-corrected chi connectivity index (χ4v) is 5.08. The summed E-state index contributed by atoms with van der Waals surface area (Å²) in [4.78, 5) is 19.7. The number of aliphatic imine (C=N–C) groups is 2. The van der Waals surface area contributed by atoms with Crippen molar-refractivity contribution in [1.29, 1.82) is 0 Å². The quantitative estimate of drug-likeness (QED) is 0.0447. The van der Waals surface area contributed by atoms with Gasteiger partial charge in [0.1, 0.15) is 60.9 Å². The number of ether oxygens (including phenoxy) is 4. The van der Waals surface area contributed by atoms with Gasteiger partial charge in [0.15, 0.2) is 36.4 Å². The molecule has 0 bridgehead atoms. The lowest BCUT2D eigenvalue weighted by Gasteiger charge is -2.45. The number of aliphatic hydroxyl groups is 7. The molecule has 0 radical (unpaired) electrons. The van der Waals surface area contributed by atoms with Gasteiger partial charge in [-0.1, -0.05) is 0 Å². The van der Waals surface area contributed by atoms with E-state index in [1.165, 1.54) is 14.0 Å². The Bertz CT molecular complexity index is 1340. The highest BCUT2D eigenvalue weighted by Gasteiger charge is 2.60. The maximum Gasteiger partial charge on any atom is 0.394 e. The number of aldehydes is 1. The van der Waals surface area contributed by atoms with Crippen LogP contribution < -0.4 is 28.3 Å². The molecule has 0 aromatic carbocycles. The zero-order valence-corrected chi connectivity index (χ0v) is 27.6. The zero-order chi connectivity index (χ0) is 39.1. The van der Waals surface area contributed by atoms with Crippen molar-refractivity contribution >= 4 is 39.0 Å². The summed E-state index contributed by atoms with van der Waals surface area (Å²) in [5.41, 5.74) is 19.4. The number of carbonyl (C=O) groups excluding carboxylic acids is 1. The van der Waals surface area contributed by atoms with Crippen LogP contribution in [0.1, 0.15) is 6.92 Å². The number of aliphatic hydroxyl groups excluding tert-OH is 6. The molecule has 3 fully saturated rings. The lowest BCUT2D eigenvalue weighted by molar-refractivity contribution is -0.314. The summed E-state index contributed by atoms with van der Waals surface area (Å²) in [7, 11) is -7.92. The minimum atomic E-state index is -4.67. The highest BCUT2D eigenvalue weighted by atomic mass is 32.3. The van der Waals surface area contributed by atoms with Crippen molar-refractivity contribution in [3.63, 3.8) is 0 Å². The van der Waals surface area contributed by atoms with Crippen molar-refractivity contribution in [3.8, 4) is 0 Å². The number of nitrogens with two attached hydrogens (primary N) is 4. The van der Waals surface area contributed by atoms with Gasteiger partial charge in [0.2, 0.25) is 0 Å². The highest BCUT2D eigenvalue weighted by Crippen LogP contribution is 2.38. The molecule has 294 valence electrons. The average molecular weight is 778 g/mol. The van der Waals surface area contributed by atoms with Gasteiger partial charge in [-0.05, 0) is 14.0 Å². The fraction of sp³-hybridized carbons (Fsp3) is 0.857. The molecule has 1 saturated carbocycles. The Kier molecular flexibility index (Phi) is 16.6. The van der Waals surface area contributed by atoms with E-state index in [2.05, 4.69) is 15.3 Å². The van der Waals surface area contributed by atoms with Crippen LogP contribution in [0.5, 0.6) is 0 Å². The molecule has 0 spiro atoms. The first kappa shape index (κ1) is 45.5. The number of nitrogens with one attached hydrogen (secondary N) is 1. The van der Waals surface area contributed by atoms with Crippen LogP contribution >= 0.6 is 0 Å². The topological polar surface area (TPSA) is 486 Å². The molecule has 2 saturated heterocycles. The van der Waals surface area contributed by atoms with Gasteiger partial charge < -0.3 is 82.9 Å². The van der Waals surface area contributed by atoms with E-state index in [1.807, 2.05) is 0 Å².